The molecule has 1 aromatic carbocycles. The van der Waals surface area contributed by atoms with Crippen LogP contribution in [0, 0.1) is 0 Å². The van der Waals surface area contributed by atoms with Crippen molar-refractivity contribution < 1.29 is 33.8 Å². The van der Waals surface area contributed by atoms with Gasteiger partial charge in [0, 0.05) is 23.6 Å². The molecule has 36 heavy (non-hydrogen) atoms. The maximum absolute atomic E-state index is 13.7. The second-order valence-electron chi connectivity index (χ2n) is 9.18. The maximum Gasteiger partial charge on any atom is 0.310 e. The van der Waals surface area contributed by atoms with Crippen LogP contribution in [0.2, 0.25) is 0 Å². The Balaban J connectivity index is 1.37. The molecule has 2 unspecified atom stereocenters. The molecule has 1 aromatic heterocycles. The molecule has 3 aliphatic rings. The topological polar surface area (TPSA) is 142 Å². The summed E-state index contributed by atoms with van der Waals surface area (Å²) in [5.41, 5.74) is 0. The van der Waals surface area contributed by atoms with Crippen LogP contribution >= 0.6 is 11.3 Å². The van der Waals surface area contributed by atoms with Crippen molar-refractivity contribution >= 4 is 50.9 Å². The van der Waals surface area contributed by atoms with E-state index in [4.69, 9.17) is 0 Å². The molecule has 2 saturated heterocycles. The third-order valence-corrected chi connectivity index (χ3v) is 7.80. The first-order valence-corrected chi connectivity index (χ1v) is 12.6. The number of Topliss-reactive ketones (excluding diaryl/α,β-unsaturated/α-hetero) is 1. The van der Waals surface area contributed by atoms with E-state index in [0.29, 0.717) is 11.3 Å². The number of carbonyl (C=O) groups is 5. The second-order valence-corrected chi connectivity index (χ2v) is 10.3. The summed E-state index contributed by atoms with van der Waals surface area (Å²) in [6.07, 6.45) is 2.51. The fourth-order valence-electron chi connectivity index (χ4n) is 4.92. The van der Waals surface area contributed by atoms with Gasteiger partial charge < -0.3 is 25.4 Å². The van der Waals surface area contributed by atoms with Crippen molar-refractivity contribution in [2.75, 3.05) is 0 Å². The number of esters is 1. The van der Waals surface area contributed by atoms with Crippen molar-refractivity contribution in [3.05, 3.63) is 47.4 Å². The Bertz CT molecular complexity index is 1240. The zero-order chi connectivity index (χ0) is 25.4. The highest BCUT2D eigenvalue weighted by Crippen LogP contribution is 2.29. The van der Waals surface area contributed by atoms with Crippen molar-refractivity contribution in [1.29, 1.82) is 0 Å². The monoisotopic (exact) mass is 511 g/mol. The van der Waals surface area contributed by atoms with Crippen molar-refractivity contribution in [2.24, 2.45) is 0 Å². The van der Waals surface area contributed by atoms with Crippen LogP contribution in [0.25, 0.3) is 10.1 Å². The van der Waals surface area contributed by atoms with Crippen LogP contribution in [-0.2, 0) is 23.9 Å². The Labute approximate surface area is 210 Å². The number of aliphatic hydroxyl groups is 1. The highest BCUT2D eigenvalue weighted by molar-refractivity contribution is 7.20. The highest BCUT2D eigenvalue weighted by atomic mass is 32.1. The molecule has 11 heteroatoms. The van der Waals surface area contributed by atoms with Gasteiger partial charge in [-0.25, -0.2) is 0 Å². The Kier molecular flexibility index (Phi) is 6.59. The normalized spacial score (nSPS) is 28.3. The number of ether oxygens (including phenoxy) is 1. The molecule has 3 N–H and O–H groups in total. The van der Waals surface area contributed by atoms with Gasteiger partial charge in [0.2, 0.25) is 18.1 Å². The van der Waals surface area contributed by atoms with Crippen molar-refractivity contribution in [1.82, 2.24) is 15.5 Å². The molecule has 0 aliphatic carbocycles. The molecular formula is C25H25N3O7S. The summed E-state index contributed by atoms with van der Waals surface area (Å²) in [6, 6.07) is 5.81. The van der Waals surface area contributed by atoms with E-state index in [1.165, 1.54) is 16.2 Å². The Morgan fingerprint density at radius 3 is 2.56 bits per heavy atom. The lowest BCUT2D eigenvalue weighted by atomic mass is 9.89. The second kappa shape index (κ2) is 9.82. The molecule has 5 rings (SSSR count). The van der Waals surface area contributed by atoms with Gasteiger partial charge >= 0.3 is 5.97 Å². The minimum Gasteiger partial charge on any atom is -0.434 e. The lowest BCUT2D eigenvalue weighted by Crippen LogP contribution is -2.63. The first kappa shape index (κ1) is 24.1. The summed E-state index contributed by atoms with van der Waals surface area (Å²) in [4.78, 5) is 65.7. The summed E-state index contributed by atoms with van der Waals surface area (Å²) in [5, 5.41) is 16.2. The van der Waals surface area contributed by atoms with E-state index in [9.17, 15) is 29.1 Å². The minimum atomic E-state index is -1.49. The van der Waals surface area contributed by atoms with E-state index >= 15 is 0 Å². The number of piperidine rings is 1. The van der Waals surface area contributed by atoms with E-state index in [2.05, 4.69) is 15.4 Å². The summed E-state index contributed by atoms with van der Waals surface area (Å²) in [5.74, 6) is -2.31. The molecule has 10 nitrogen and oxygen atoms in total. The molecule has 0 saturated carbocycles. The number of hydrogen-bond donors (Lipinski definition) is 3. The zero-order valence-electron chi connectivity index (χ0n) is 19.2. The first-order valence-electron chi connectivity index (χ1n) is 11.8. The van der Waals surface area contributed by atoms with Gasteiger partial charge in [-0.1, -0.05) is 30.4 Å². The van der Waals surface area contributed by atoms with Gasteiger partial charge in [0.25, 0.3) is 5.91 Å². The van der Waals surface area contributed by atoms with Crippen molar-refractivity contribution in [3.8, 4) is 0 Å². The average molecular weight is 512 g/mol. The number of nitrogens with one attached hydrogen (secondary N) is 2. The quantitative estimate of drug-likeness (QED) is 0.411. The van der Waals surface area contributed by atoms with Gasteiger partial charge in [-0.15, -0.1) is 11.3 Å². The molecule has 0 radical (unpaired) electrons. The number of cyclic esters (lactones) is 1. The van der Waals surface area contributed by atoms with E-state index in [1.807, 2.05) is 30.3 Å². The zero-order valence-corrected chi connectivity index (χ0v) is 20.0. The molecule has 188 valence electrons. The molecule has 5 atom stereocenters. The van der Waals surface area contributed by atoms with E-state index in [0.717, 1.165) is 10.1 Å². The van der Waals surface area contributed by atoms with Crippen LogP contribution in [0.4, 0.5) is 0 Å². The standard InChI is InChI=1S/C25H25N3O7S/c29-15-10-14-6-2-3-7-16(26-23(32)20-9-13-5-1-4-8-19(13)36-20)24(33)28(14)18(11-15)22(31)27-17-12-21(30)35-25(17)34/h1-5,8-9,14,16-18,25,34H,6-7,10-12H2,(H,26,32)(H,27,31)/t14-,16-,17?,18-,25?/m0/s1. The molecule has 2 aromatic rings. The summed E-state index contributed by atoms with van der Waals surface area (Å²) >= 11 is 1.32. The molecule has 3 amide bonds. The van der Waals surface area contributed by atoms with Crippen LogP contribution < -0.4 is 10.6 Å². The molecule has 4 heterocycles. The van der Waals surface area contributed by atoms with Crippen LogP contribution in [0.3, 0.4) is 0 Å². The SMILES string of the molecule is O=C1C[C@@H]2CC=CC[C@H](NC(=O)c3cc4ccccc4s3)C(=O)N2[C@H](C(=O)NC2CC(=O)OC2O)C1. The average Bonchev–Trinajstić information content (AvgIpc) is 3.41. The number of hydrogen-bond acceptors (Lipinski definition) is 8. The molecule has 0 bridgehead atoms. The van der Waals surface area contributed by atoms with Gasteiger partial charge in [0.15, 0.2) is 0 Å². The Morgan fingerprint density at radius 1 is 1.03 bits per heavy atom. The summed E-state index contributed by atoms with van der Waals surface area (Å²) in [6.45, 7) is 0. The van der Waals surface area contributed by atoms with Crippen LogP contribution in [-0.4, -0.2) is 69.9 Å². The Morgan fingerprint density at radius 2 is 1.81 bits per heavy atom. The molecule has 0 spiro atoms. The number of ketones is 1. The number of fused-ring (bicyclic) bond motifs is 2. The van der Waals surface area contributed by atoms with Gasteiger partial charge in [-0.2, -0.15) is 0 Å². The molecule has 3 aliphatic heterocycles. The van der Waals surface area contributed by atoms with E-state index in [1.54, 1.807) is 12.1 Å². The minimum absolute atomic E-state index is 0.102. The van der Waals surface area contributed by atoms with Crippen LogP contribution in [0.5, 0.6) is 0 Å². The number of aliphatic hydroxyl groups excluding tert-OH is 1. The Hall–Kier alpha value is -3.57. The number of rotatable bonds is 4. The van der Waals surface area contributed by atoms with Crippen molar-refractivity contribution in [2.45, 2.75) is 62.6 Å². The predicted molar refractivity (Wildman–Crippen MR) is 129 cm³/mol. The van der Waals surface area contributed by atoms with Crippen LogP contribution in [0.1, 0.15) is 41.8 Å². The number of thiophene rings is 1. The fourth-order valence-corrected chi connectivity index (χ4v) is 5.89. The van der Waals surface area contributed by atoms with E-state index < -0.39 is 48.2 Å². The third-order valence-electron chi connectivity index (χ3n) is 6.68. The van der Waals surface area contributed by atoms with Gasteiger partial charge in [-0.3, -0.25) is 24.0 Å². The first-order chi connectivity index (χ1) is 17.3. The van der Waals surface area contributed by atoms with Gasteiger partial charge in [0.05, 0.1) is 11.3 Å². The van der Waals surface area contributed by atoms with E-state index in [-0.39, 0.29) is 37.4 Å². The predicted octanol–water partition coefficient (Wildman–Crippen LogP) is 1.03. The number of benzene rings is 1. The van der Waals surface area contributed by atoms with Crippen molar-refractivity contribution in [3.63, 3.8) is 0 Å². The number of nitrogens with zero attached hydrogens (tertiary/aromatic N) is 1. The highest BCUT2D eigenvalue weighted by Gasteiger charge is 2.45. The van der Waals surface area contributed by atoms with Gasteiger partial charge in [-0.05, 0) is 30.4 Å². The lowest BCUT2D eigenvalue weighted by molar-refractivity contribution is -0.156. The summed E-state index contributed by atoms with van der Waals surface area (Å²) in [7, 11) is 0. The molecule has 2 fully saturated rings. The third kappa shape index (κ3) is 4.76. The number of amides is 3. The van der Waals surface area contributed by atoms with Crippen LogP contribution in [0.15, 0.2) is 42.5 Å². The fraction of sp³-hybridized carbons (Fsp3) is 0.400. The van der Waals surface area contributed by atoms with Gasteiger partial charge in [0.1, 0.15) is 23.9 Å². The largest absolute Gasteiger partial charge is 0.434 e. The number of carbonyl (C=O) groups excluding carboxylic acids is 5. The lowest BCUT2D eigenvalue weighted by Gasteiger charge is -2.43. The maximum atomic E-state index is 13.7. The molecular weight excluding hydrogens is 486 g/mol. The smallest absolute Gasteiger partial charge is 0.310 e. The summed E-state index contributed by atoms with van der Waals surface area (Å²) < 4.78 is 5.62.